The third-order valence-electron chi connectivity index (χ3n) is 10.1. The predicted molar refractivity (Wildman–Crippen MR) is 197 cm³/mol. The zero-order chi connectivity index (χ0) is 37.7. The standard InChI is InChI=1S/C38H42F3N5O4S2/c1-21(35(47)48)16-22-8-6-9-23(17-22)38(4)13-7-12-37(2,3)20-52(49,50)15-11-25-24-10-14-43-32(24)30(40)31(41)33(25)51-29-18-26(27(39)19-28(29)42)34-44-36(38)45-46(34)5/h6,8-10,14,17-19,21,43H,7,11-13,15-16,20,42H2,1-5H3,(H,47,48)/t21-,38-/m1/s1. The first kappa shape index (κ1) is 37.5. The van der Waals surface area contributed by atoms with E-state index >= 15 is 13.2 Å². The lowest BCUT2D eigenvalue weighted by Crippen LogP contribution is -2.29. The van der Waals surface area contributed by atoms with Crippen LogP contribution in [0.2, 0.25) is 0 Å². The maximum absolute atomic E-state index is 15.9. The molecule has 1 aliphatic rings. The van der Waals surface area contributed by atoms with Crippen molar-refractivity contribution < 1.29 is 31.5 Å². The smallest absolute Gasteiger partial charge is 0.306 e. The number of fused-ring (bicyclic) bond motifs is 8. The van der Waals surface area contributed by atoms with Crippen LogP contribution in [0, 0.1) is 28.8 Å². The number of aromatic amines is 1. The Bertz CT molecular complexity index is 2300. The summed E-state index contributed by atoms with van der Waals surface area (Å²) in [4.78, 5) is 19.3. The highest BCUT2D eigenvalue weighted by Crippen LogP contribution is 2.44. The molecule has 4 bridgehead atoms. The number of nitrogens with two attached hydrogens (primary N) is 1. The summed E-state index contributed by atoms with van der Waals surface area (Å²) < 4.78 is 75.9. The van der Waals surface area contributed by atoms with Gasteiger partial charge in [0, 0.05) is 29.2 Å². The summed E-state index contributed by atoms with van der Waals surface area (Å²) in [6, 6.07) is 11.7. The molecule has 2 atom stereocenters. The van der Waals surface area contributed by atoms with Crippen molar-refractivity contribution in [2.75, 3.05) is 17.2 Å². The van der Waals surface area contributed by atoms with Gasteiger partial charge in [-0.25, -0.2) is 31.3 Å². The van der Waals surface area contributed by atoms with Crippen molar-refractivity contribution >= 4 is 44.2 Å². The first-order valence-electron chi connectivity index (χ1n) is 17.1. The van der Waals surface area contributed by atoms with E-state index in [0.29, 0.717) is 42.5 Å². The molecular formula is C38H42F3N5O4S2. The molecule has 0 saturated heterocycles. The quantitative estimate of drug-likeness (QED) is 0.158. The number of carboxylic acids is 1. The van der Waals surface area contributed by atoms with Crippen molar-refractivity contribution in [3.63, 3.8) is 0 Å². The molecule has 4 N–H and O–H groups in total. The number of aryl methyl sites for hydroxylation is 2. The average Bonchev–Trinajstić information content (AvgIpc) is 3.71. The Morgan fingerprint density at radius 2 is 1.87 bits per heavy atom. The van der Waals surface area contributed by atoms with Crippen molar-refractivity contribution in [1.82, 2.24) is 19.7 Å². The van der Waals surface area contributed by atoms with Gasteiger partial charge in [0.05, 0.1) is 38.8 Å². The monoisotopic (exact) mass is 753 g/mol. The van der Waals surface area contributed by atoms with Gasteiger partial charge in [0.15, 0.2) is 33.1 Å². The van der Waals surface area contributed by atoms with Gasteiger partial charge in [-0.2, -0.15) is 5.10 Å². The number of anilines is 1. The lowest BCUT2D eigenvalue weighted by molar-refractivity contribution is -0.141. The molecule has 6 rings (SSSR count). The Labute approximate surface area is 305 Å². The normalized spacial score (nSPS) is 19.8. The van der Waals surface area contributed by atoms with E-state index in [9.17, 15) is 18.3 Å². The number of nitrogens with one attached hydrogen (secondary N) is 1. The van der Waals surface area contributed by atoms with Crippen molar-refractivity contribution in [3.8, 4) is 11.4 Å². The Morgan fingerprint density at radius 1 is 1.12 bits per heavy atom. The molecular weight excluding hydrogens is 712 g/mol. The Morgan fingerprint density at radius 3 is 2.60 bits per heavy atom. The number of carbonyl (C=O) groups is 1. The highest BCUT2D eigenvalue weighted by atomic mass is 32.2. The van der Waals surface area contributed by atoms with Crippen LogP contribution in [0.5, 0.6) is 0 Å². The molecule has 1 aliphatic heterocycles. The van der Waals surface area contributed by atoms with Crippen LogP contribution in [0.1, 0.15) is 69.5 Å². The molecule has 0 fully saturated rings. The second kappa shape index (κ2) is 13.9. The van der Waals surface area contributed by atoms with Crippen LogP contribution in [0.4, 0.5) is 18.9 Å². The van der Waals surface area contributed by atoms with Crippen LogP contribution in [0.15, 0.2) is 58.5 Å². The van der Waals surface area contributed by atoms with Gasteiger partial charge >= 0.3 is 5.97 Å². The Balaban J connectivity index is 1.54. The molecule has 0 spiro atoms. The second-order valence-electron chi connectivity index (χ2n) is 14.9. The van der Waals surface area contributed by atoms with Gasteiger partial charge in [0.2, 0.25) is 0 Å². The first-order valence-corrected chi connectivity index (χ1v) is 19.7. The van der Waals surface area contributed by atoms with E-state index in [2.05, 4.69) is 4.98 Å². The zero-order valence-electron chi connectivity index (χ0n) is 29.7. The maximum Gasteiger partial charge on any atom is 0.306 e. The summed E-state index contributed by atoms with van der Waals surface area (Å²) in [5.41, 5.74) is 6.72. The minimum absolute atomic E-state index is 0.0189. The highest BCUT2D eigenvalue weighted by molar-refractivity contribution is 7.99. The number of hydrogen-bond acceptors (Lipinski definition) is 7. The van der Waals surface area contributed by atoms with Crippen LogP contribution < -0.4 is 5.73 Å². The molecule has 14 heteroatoms. The Hall–Kier alpha value is -4.30. The molecule has 52 heavy (non-hydrogen) atoms. The van der Waals surface area contributed by atoms with Crippen LogP contribution in [-0.4, -0.2) is 50.7 Å². The van der Waals surface area contributed by atoms with Crippen LogP contribution >= 0.6 is 11.8 Å². The summed E-state index contributed by atoms with van der Waals surface area (Å²) in [6.07, 6.45) is 3.32. The summed E-state index contributed by atoms with van der Waals surface area (Å²) in [5.74, 6) is -4.32. The third kappa shape index (κ3) is 7.32. The van der Waals surface area contributed by atoms with Gasteiger partial charge < -0.3 is 15.8 Å². The minimum atomic E-state index is -3.69. The number of rotatable bonds is 4. The van der Waals surface area contributed by atoms with Gasteiger partial charge in [-0.3, -0.25) is 4.79 Å². The van der Waals surface area contributed by atoms with Crippen LogP contribution in [-0.2, 0) is 39.9 Å². The van der Waals surface area contributed by atoms with E-state index in [-0.39, 0.29) is 50.3 Å². The summed E-state index contributed by atoms with van der Waals surface area (Å²) in [5, 5.41) is 14.7. The molecule has 276 valence electrons. The van der Waals surface area contributed by atoms with Gasteiger partial charge in [-0.1, -0.05) is 63.2 Å². The molecule has 2 aromatic heterocycles. The number of nitrogen functional groups attached to an aromatic ring is 1. The van der Waals surface area contributed by atoms with Gasteiger partial charge in [0.1, 0.15) is 5.82 Å². The number of H-pyrrole nitrogens is 1. The number of hydrogen-bond donors (Lipinski definition) is 3. The zero-order valence-corrected chi connectivity index (χ0v) is 31.3. The molecule has 0 aliphatic carbocycles. The molecule has 0 radical (unpaired) electrons. The van der Waals surface area contributed by atoms with Gasteiger partial charge in [-0.05, 0) is 72.9 Å². The summed E-state index contributed by atoms with van der Waals surface area (Å²) in [7, 11) is -2.04. The predicted octanol–water partition coefficient (Wildman–Crippen LogP) is 7.85. The lowest BCUT2D eigenvalue weighted by Gasteiger charge is -2.31. The average molecular weight is 754 g/mol. The molecule has 3 aromatic carbocycles. The summed E-state index contributed by atoms with van der Waals surface area (Å²) in [6.45, 7) is 7.41. The number of aliphatic carboxylic acids is 1. The van der Waals surface area contributed by atoms with Gasteiger partial charge in [0.25, 0.3) is 0 Å². The van der Waals surface area contributed by atoms with E-state index in [4.69, 9.17) is 15.8 Å². The fourth-order valence-corrected chi connectivity index (χ4v) is 10.3. The third-order valence-corrected chi connectivity index (χ3v) is 13.3. The largest absolute Gasteiger partial charge is 0.481 e. The van der Waals surface area contributed by atoms with Crippen LogP contribution in [0.3, 0.4) is 0 Å². The van der Waals surface area contributed by atoms with E-state index in [1.807, 2.05) is 45.0 Å². The fourth-order valence-electron chi connectivity index (χ4n) is 7.20. The molecule has 3 heterocycles. The van der Waals surface area contributed by atoms with Gasteiger partial charge in [-0.15, -0.1) is 0 Å². The number of benzene rings is 3. The molecule has 5 aromatic rings. The second-order valence-corrected chi connectivity index (χ2v) is 18.1. The van der Waals surface area contributed by atoms with E-state index in [0.717, 1.165) is 29.0 Å². The fraction of sp³-hybridized carbons (Fsp3) is 0.395. The molecule has 0 unspecified atom stereocenters. The van der Waals surface area contributed by atoms with Crippen molar-refractivity contribution in [2.45, 2.75) is 75.0 Å². The maximum atomic E-state index is 15.9. The Kier molecular flexibility index (Phi) is 10.0. The first-order chi connectivity index (χ1) is 24.4. The molecule has 9 nitrogen and oxygen atoms in total. The lowest BCUT2D eigenvalue weighted by atomic mass is 9.75. The van der Waals surface area contributed by atoms with E-state index in [1.54, 1.807) is 20.0 Å². The highest BCUT2D eigenvalue weighted by Gasteiger charge is 2.36. The number of sulfone groups is 1. The number of aromatic nitrogens is 4. The van der Waals surface area contributed by atoms with Crippen molar-refractivity contribution in [2.24, 2.45) is 18.4 Å². The van der Waals surface area contributed by atoms with E-state index in [1.165, 1.54) is 16.9 Å². The number of carboxylic acid groups (broad SMARTS) is 1. The number of halogens is 3. The minimum Gasteiger partial charge on any atom is -0.481 e. The van der Waals surface area contributed by atoms with E-state index < -0.39 is 50.0 Å². The van der Waals surface area contributed by atoms with Crippen molar-refractivity contribution in [1.29, 1.82) is 0 Å². The topological polar surface area (TPSA) is 144 Å². The SMILES string of the molecule is C[C@H](Cc1cccc([C@@]2(C)CCCC(C)(C)CS(=O)(=O)CCc3c(c(F)c(F)c4[nH]ccc34)Sc3cc(c(F)cc3N)-c3nc2nn3C)c1)C(=O)O. The number of nitrogens with zero attached hydrogens (tertiary/aromatic N) is 3. The molecule has 0 amide bonds. The summed E-state index contributed by atoms with van der Waals surface area (Å²) >= 11 is 0.806. The van der Waals surface area contributed by atoms with Crippen LogP contribution in [0.25, 0.3) is 22.3 Å². The van der Waals surface area contributed by atoms with Crippen molar-refractivity contribution in [3.05, 3.63) is 88.6 Å². The molecule has 0 saturated carbocycles.